The number of halogens is 3. The fraction of sp³-hybridized carbons (Fsp3) is 0.450. The smallest absolute Gasteiger partial charge is 0.387 e. The van der Waals surface area contributed by atoms with Gasteiger partial charge in [0.05, 0.1) is 18.8 Å². The third-order valence-electron chi connectivity index (χ3n) is 4.17. The van der Waals surface area contributed by atoms with Gasteiger partial charge < -0.3 is 19.4 Å². The van der Waals surface area contributed by atoms with E-state index < -0.39 is 6.61 Å². The molecule has 6 nitrogen and oxygen atoms in total. The second kappa shape index (κ2) is 12.6. The van der Waals surface area contributed by atoms with Crippen LogP contribution in [0.25, 0.3) is 0 Å². The van der Waals surface area contributed by atoms with Crippen LogP contribution in [0.4, 0.5) is 8.78 Å². The van der Waals surface area contributed by atoms with Crippen LogP contribution in [0, 0.1) is 0 Å². The number of nitrogens with zero attached hydrogens (tertiary/aromatic N) is 3. The Morgan fingerprint density at radius 1 is 1.17 bits per heavy atom. The van der Waals surface area contributed by atoms with Gasteiger partial charge in [-0.25, -0.2) is 0 Å². The fourth-order valence-electron chi connectivity index (χ4n) is 2.76. The Kier molecular flexibility index (Phi) is 11.0. The Bertz CT molecular complexity index is 725. The lowest BCUT2D eigenvalue weighted by atomic mass is 10.2. The summed E-state index contributed by atoms with van der Waals surface area (Å²) in [4.78, 5) is 8.80. The maximum Gasteiger partial charge on any atom is 0.387 e. The molecule has 1 atom stereocenters. The lowest BCUT2D eigenvalue weighted by Crippen LogP contribution is -2.39. The molecule has 1 unspecified atom stereocenters. The van der Waals surface area contributed by atoms with Crippen LogP contribution in [0.2, 0.25) is 0 Å². The summed E-state index contributed by atoms with van der Waals surface area (Å²) in [6.45, 7) is 1.04. The molecule has 0 fully saturated rings. The third kappa shape index (κ3) is 8.17. The topological polar surface area (TPSA) is 53.2 Å². The number of likely N-dealkylation sites (N-methyl/N-ethyl adjacent to an activating group) is 1. The Hall–Kier alpha value is -1.88. The largest absolute Gasteiger partial charge is 0.468 e. The fourth-order valence-corrected chi connectivity index (χ4v) is 2.76. The molecule has 1 N–H and O–H groups in total. The first-order valence-electron chi connectivity index (χ1n) is 9.13. The summed E-state index contributed by atoms with van der Waals surface area (Å²) in [5.41, 5.74) is 0.963. The minimum atomic E-state index is -2.82. The number of ether oxygens (including phenoxy) is 1. The Morgan fingerprint density at radius 2 is 1.86 bits per heavy atom. The molecule has 1 heterocycles. The van der Waals surface area contributed by atoms with E-state index in [1.54, 1.807) is 30.5 Å². The number of rotatable bonds is 9. The molecule has 1 aromatic carbocycles. The zero-order valence-corrected chi connectivity index (χ0v) is 19.5. The first kappa shape index (κ1) is 25.2. The van der Waals surface area contributed by atoms with Crippen molar-refractivity contribution in [2.45, 2.75) is 26.1 Å². The van der Waals surface area contributed by atoms with Gasteiger partial charge in [-0.2, -0.15) is 8.78 Å². The molecule has 0 bridgehead atoms. The average Bonchev–Trinajstić information content (AvgIpc) is 3.16. The molecule has 0 aliphatic carbocycles. The molecule has 9 heteroatoms. The molecule has 162 valence electrons. The summed E-state index contributed by atoms with van der Waals surface area (Å²) < 4.78 is 34.5. The molecule has 0 radical (unpaired) electrons. The van der Waals surface area contributed by atoms with Crippen LogP contribution in [0.15, 0.2) is 52.1 Å². The highest BCUT2D eigenvalue weighted by atomic mass is 127. The molecule has 0 amide bonds. The van der Waals surface area contributed by atoms with Crippen molar-refractivity contribution in [3.05, 3.63) is 54.0 Å². The van der Waals surface area contributed by atoms with Crippen molar-refractivity contribution in [3.8, 4) is 5.75 Å². The van der Waals surface area contributed by atoms with Crippen LogP contribution < -0.4 is 10.1 Å². The van der Waals surface area contributed by atoms with Crippen LogP contribution in [0.5, 0.6) is 5.75 Å². The highest BCUT2D eigenvalue weighted by Crippen LogP contribution is 2.19. The SMILES string of the molecule is CCNC(=NCC(c1ccco1)N(C)C)N(C)Cc1ccc(OC(F)F)cc1.I. The highest BCUT2D eigenvalue weighted by Gasteiger charge is 2.17. The minimum Gasteiger partial charge on any atom is -0.468 e. The van der Waals surface area contributed by atoms with E-state index in [1.165, 1.54) is 0 Å². The molecule has 0 saturated heterocycles. The van der Waals surface area contributed by atoms with Gasteiger partial charge in [0.15, 0.2) is 5.96 Å². The highest BCUT2D eigenvalue weighted by molar-refractivity contribution is 14.0. The second-order valence-corrected chi connectivity index (χ2v) is 6.57. The number of aliphatic imine (C=N–C) groups is 1. The second-order valence-electron chi connectivity index (χ2n) is 6.57. The quantitative estimate of drug-likeness (QED) is 0.304. The van der Waals surface area contributed by atoms with E-state index in [4.69, 9.17) is 9.41 Å². The van der Waals surface area contributed by atoms with Gasteiger partial charge in [-0.15, -0.1) is 24.0 Å². The number of nitrogens with one attached hydrogen (secondary N) is 1. The van der Waals surface area contributed by atoms with Crippen LogP contribution in [0.3, 0.4) is 0 Å². The minimum absolute atomic E-state index is 0. The van der Waals surface area contributed by atoms with E-state index in [9.17, 15) is 8.78 Å². The Labute approximate surface area is 187 Å². The summed E-state index contributed by atoms with van der Waals surface area (Å²) in [6.07, 6.45) is 1.66. The maximum atomic E-state index is 12.3. The zero-order valence-electron chi connectivity index (χ0n) is 17.1. The average molecular weight is 522 g/mol. The summed E-state index contributed by atoms with van der Waals surface area (Å²) in [5.74, 6) is 1.77. The standard InChI is InChI=1S/C20H28F2N4O2.HI/c1-5-23-20(24-13-17(25(2)3)18-7-6-12-27-18)26(4)14-15-8-10-16(11-9-15)28-19(21)22;/h6-12,17,19H,5,13-14H2,1-4H3,(H,23,24);1H. The number of guanidine groups is 1. The molecule has 0 saturated carbocycles. The monoisotopic (exact) mass is 522 g/mol. The molecule has 29 heavy (non-hydrogen) atoms. The zero-order chi connectivity index (χ0) is 20.5. The third-order valence-corrected chi connectivity index (χ3v) is 4.17. The Balaban J connectivity index is 0.00000420. The number of furan rings is 1. The molecular weight excluding hydrogens is 493 g/mol. The van der Waals surface area contributed by atoms with Gasteiger partial charge in [-0.3, -0.25) is 9.89 Å². The lowest BCUT2D eigenvalue weighted by molar-refractivity contribution is -0.0498. The first-order valence-corrected chi connectivity index (χ1v) is 9.13. The van der Waals surface area contributed by atoms with Gasteiger partial charge in [0, 0.05) is 20.1 Å². The van der Waals surface area contributed by atoms with Crippen molar-refractivity contribution < 1.29 is 17.9 Å². The van der Waals surface area contributed by atoms with Crippen molar-refractivity contribution in [2.24, 2.45) is 4.99 Å². The van der Waals surface area contributed by atoms with Crippen molar-refractivity contribution in [1.82, 2.24) is 15.1 Å². The summed E-state index contributed by atoms with van der Waals surface area (Å²) in [6, 6.07) is 10.5. The van der Waals surface area contributed by atoms with E-state index in [-0.39, 0.29) is 35.8 Å². The van der Waals surface area contributed by atoms with Crippen LogP contribution in [0.1, 0.15) is 24.3 Å². The van der Waals surface area contributed by atoms with E-state index in [0.29, 0.717) is 13.1 Å². The van der Waals surface area contributed by atoms with Crippen molar-refractivity contribution in [2.75, 3.05) is 34.2 Å². The Morgan fingerprint density at radius 3 is 2.38 bits per heavy atom. The summed E-state index contributed by atoms with van der Waals surface area (Å²) >= 11 is 0. The molecule has 0 aliphatic rings. The van der Waals surface area contributed by atoms with Crippen LogP contribution in [-0.4, -0.2) is 56.6 Å². The molecule has 2 rings (SSSR count). The maximum absolute atomic E-state index is 12.3. The number of hydrogen-bond donors (Lipinski definition) is 1. The van der Waals surface area contributed by atoms with Gasteiger partial charge in [-0.05, 0) is 50.8 Å². The molecule has 1 aromatic heterocycles. The van der Waals surface area contributed by atoms with E-state index >= 15 is 0 Å². The first-order chi connectivity index (χ1) is 13.4. The van der Waals surface area contributed by atoms with E-state index in [2.05, 4.69) is 15.0 Å². The van der Waals surface area contributed by atoms with Gasteiger partial charge in [-0.1, -0.05) is 12.1 Å². The predicted molar refractivity (Wildman–Crippen MR) is 121 cm³/mol. The van der Waals surface area contributed by atoms with E-state index in [0.717, 1.165) is 23.8 Å². The normalized spacial score (nSPS) is 12.6. The van der Waals surface area contributed by atoms with Crippen molar-refractivity contribution in [1.29, 1.82) is 0 Å². The van der Waals surface area contributed by atoms with Crippen molar-refractivity contribution >= 4 is 29.9 Å². The molecular formula is C20H29F2IN4O2. The van der Waals surface area contributed by atoms with E-state index in [1.807, 2.05) is 45.1 Å². The van der Waals surface area contributed by atoms with Gasteiger partial charge in [0.25, 0.3) is 0 Å². The van der Waals surface area contributed by atoms with Gasteiger partial charge >= 0.3 is 6.61 Å². The molecule has 0 spiro atoms. The van der Waals surface area contributed by atoms with Gasteiger partial charge in [0.1, 0.15) is 11.5 Å². The number of benzene rings is 1. The summed E-state index contributed by atoms with van der Waals surface area (Å²) in [7, 11) is 5.91. The number of alkyl halides is 2. The summed E-state index contributed by atoms with van der Waals surface area (Å²) in [5, 5.41) is 3.28. The lowest BCUT2D eigenvalue weighted by Gasteiger charge is -2.25. The molecule has 2 aromatic rings. The van der Waals surface area contributed by atoms with Gasteiger partial charge in [0.2, 0.25) is 0 Å². The number of hydrogen-bond acceptors (Lipinski definition) is 4. The van der Waals surface area contributed by atoms with Crippen LogP contribution in [-0.2, 0) is 6.54 Å². The van der Waals surface area contributed by atoms with Crippen molar-refractivity contribution in [3.63, 3.8) is 0 Å². The predicted octanol–water partition coefficient (Wildman–Crippen LogP) is 4.20. The van der Waals surface area contributed by atoms with Crippen LogP contribution >= 0.6 is 24.0 Å². The molecule has 0 aliphatic heterocycles.